The number of benzene rings is 2. The lowest BCUT2D eigenvalue weighted by atomic mass is 10.1. The normalized spacial score (nSPS) is 10.7. The van der Waals surface area contributed by atoms with Gasteiger partial charge in [-0.3, -0.25) is 0 Å². The molecule has 0 spiro atoms. The molecule has 116 valence electrons. The maximum absolute atomic E-state index is 5.52. The van der Waals surface area contributed by atoms with Crippen LogP contribution in [-0.2, 0) is 4.74 Å². The Kier molecular flexibility index (Phi) is 5.86. The zero-order valence-corrected chi connectivity index (χ0v) is 13.0. The van der Waals surface area contributed by atoms with Crippen molar-refractivity contribution in [3.05, 3.63) is 53.6 Å². The van der Waals surface area contributed by atoms with Gasteiger partial charge in [0.05, 0.1) is 14.2 Å². The summed E-state index contributed by atoms with van der Waals surface area (Å²) in [5.74, 6) is 1.73. The predicted octanol–water partition coefficient (Wildman–Crippen LogP) is 3.86. The molecule has 0 N–H and O–H groups in total. The predicted molar refractivity (Wildman–Crippen MR) is 87.4 cm³/mol. The first-order chi connectivity index (χ1) is 10.8. The monoisotopic (exact) mass is 300 g/mol. The van der Waals surface area contributed by atoms with E-state index in [1.165, 1.54) is 0 Å². The maximum Gasteiger partial charge on any atom is 0.206 e. The molecule has 0 unspecified atom stereocenters. The number of hydrogen-bond donors (Lipinski definition) is 0. The van der Waals surface area contributed by atoms with Gasteiger partial charge in [0.25, 0.3) is 0 Å². The molecule has 2 aromatic rings. The Morgan fingerprint density at radius 3 is 1.95 bits per heavy atom. The third-order valence-corrected chi connectivity index (χ3v) is 3.07. The Labute approximate surface area is 130 Å². The van der Waals surface area contributed by atoms with E-state index in [0.717, 1.165) is 11.1 Å². The minimum Gasteiger partial charge on any atom is -0.493 e. The first kappa shape index (κ1) is 15.9. The molecule has 0 aliphatic carbocycles. The van der Waals surface area contributed by atoms with Crippen LogP contribution in [0.3, 0.4) is 0 Å². The summed E-state index contributed by atoms with van der Waals surface area (Å²) in [6.45, 7) is 0.131. The fourth-order valence-corrected chi connectivity index (χ4v) is 2.01. The van der Waals surface area contributed by atoms with E-state index in [2.05, 4.69) is 0 Å². The Morgan fingerprint density at radius 2 is 1.41 bits per heavy atom. The third kappa shape index (κ3) is 4.02. The summed E-state index contributed by atoms with van der Waals surface area (Å²) in [4.78, 5) is 0. The number of methoxy groups -OCH3 is 3. The van der Waals surface area contributed by atoms with Gasteiger partial charge in [-0.15, -0.1) is 0 Å². The van der Waals surface area contributed by atoms with E-state index in [4.69, 9.17) is 18.9 Å². The highest BCUT2D eigenvalue weighted by Crippen LogP contribution is 2.39. The largest absolute Gasteiger partial charge is 0.493 e. The Morgan fingerprint density at radius 1 is 0.818 bits per heavy atom. The van der Waals surface area contributed by atoms with E-state index in [-0.39, 0.29) is 6.79 Å². The number of hydrogen-bond acceptors (Lipinski definition) is 4. The van der Waals surface area contributed by atoms with Crippen molar-refractivity contribution in [1.82, 2.24) is 0 Å². The van der Waals surface area contributed by atoms with Crippen molar-refractivity contribution < 1.29 is 18.9 Å². The van der Waals surface area contributed by atoms with Gasteiger partial charge >= 0.3 is 0 Å². The van der Waals surface area contributed by atoms with Gasteiger partial charge in [-0.25, -0.2) is 0 Å². The van der Waals surface area contributed by atoms with Crippen molar-refractivity contribution in [2.75, 3.05) is 28.1 Å². The highest BCUT2D eigenvalue weighted by Gasteiger charge is 2.13. The average Bonchev–Trinajstić information content (AvgIpc) is 2.58. The summed E-state index contributed by atoms with van der Waals surface area (Å²) in [5, 5.41) is 0. The second-order valence-corrected chi connectivity index (χ2v) is 4.55. The molecule has 0 aromatic heterocycles. The number of ether oxygens (including phenoxy) is 4. The minimum absolute atomic E-state index is 0.131. The molecule has 0 saturated carbocycles. The fourth-order valence-electron chi connectivity index (χ4n) is 2.01. The summed E-state index contributed by atoms with van der Waals surface area (Å²) in [5.41, 5.74) is 2.09. The number of rotatable bonds is 7. The molecule has 0 amide bonds. The molecule has 0 fully saturated rings. The standard InChI is InChI=1S/C18H20O4/c1-19-13-22-18-16(20-2)11-15(12-17(18)21-3)10-9-14-7-5-4-6-8-14/h4-12H,13H2,1-3H3. The Balaban J connectivity index is 2.31. The van der Waals surface area contributed by atoms with Crippen LogP contribution < -0.4 is 14.2 Å². The minimum atomic E-state index is 0.131. The molecule has 0 bridgehead atoms. The molecule has 0 aliphatic heterocycles. The second-order valence-electron chi connectivity index (χ2n) is 4.55. The van der Waals surface area contributed by atoms with E-state index < -0.39 is 0 Å². The van der Waals surface area contributed by atoms with Gasteiger partial charge in [0.2, 0.25) is 5.75 Å². The van der Waals surface area contributed by atoms with Crippen LogP contribution in [0.1, 0.15) is 11.1 Å². The lowest BCUT2D eigenvalue weighted by molar-refractivity contribution is 0.0471. The summed E-state index contributed by atoms with van der Waals surface area (Å²) in [6, 6.07) is 13.9. The molecule has 0 saturated heterocycles. The molecular formula is C18H20O4. The van der Waals surface area contributed by atoms with E-state index in [9.17, 15) is 0 Å². The van der Waals surface area contributed by atoms with E-state index in [0.29, 0.717) is 17.2 Å². The molecule has 0 atom stereocenters. The summed E-state index contributed by atoms with van der Waals surface area (Å²) < 4.78 is 21.2. The fraction of sp³-hybridized carbons (Fsp3) is 0.222. The summed E-state index contributed by atoms with van der Waals surface area (Å²) in [7, 11) is 4.76. The third-order valence-electron chi connectivity index (χ3n) is 3.07. The van der Waals surface area contributed by atoms with Gasteiger partial charge < -0.3 is 18.9 Å². The topological polar surface area (TPSA) is 36.9 Å². The first-order valence-electron chi connectivity index (χ1n) is 6.89. The van der Waals surface area contributed by atoms with E-state index in [1.54, 1.807) is 21.3 Å². The van der Waals surface area contributed by atoms with Gasteiger partial charge in [-0.05, 0) is 23.3 Å². The van der Waals surface area contributed by atoms with Crippen LogP contribution in [-0.4, -0.2) is 28.1 Å². The molecular weight excluding hydrogens is 280 g/mol. The van der Waals surface area contributed by atoms with Gasteiger partial charge in [0, 0.05) is 7.11 Å². The smallest absolute Gasteiger partial charge is 0.206 e. The van der Waals surface area contributed by atoms with Crippen LogP contribution in [0.2, 0.25) is 0 Å². The zero-order chi connectivity index (χ0) is 15.8. The van der Waals surface area contributed by atoms with E-state index in [1.807, 2.05) is 54.6 Å². The summed E-state index contributed by atoms with van der Waals surface area (Å²) in [6.07, 6.45) is 4.03. The molecule has 4 heteroatoms. The van der Waals surface area contributed by atoms with Crippen LogP contribution in [0.4, 0.5) is 0 Å². The highest BCUT2D eigenvalue weighted by molar-refractivity contribution is 5.72. The SMILES string of the molecule is COCOc1c(OC)cc(C=Cc2ccccc2)cc1OC. The first-order valence-corrected chi connectivity index (χ1v) is 6.89. The van der Waals surface area contributed by atoms with Crippen LogP contribution in [0.25, 0.3) is 12.2 Å². The molecule has 0 heterocycles. The van der Waals surface area contributed by atoms with Crippen molar-refractivity contribution in [1.29, 1.82) is 0 Å². The van der Waals surface area contributed by atoms with Gasteiger partial charge in [0.15, 0.2) is 18.3 Å². The highest BCUT2D eigenvalue weighted by atomic mass is 16.7. The van der Waals surface area contributed by atoms with Gasteiger partial charge in [0.1, 0.15) is 0 Å². The van der Waals surface area contributed by atoms with Crippen LogP contribution >= 0.6 is 0 Å². The van der Waals surface area contributed by atoms with Crippen molar-refractivity contribution >= 4 is 12.2 Å². The van der Waals surface area contributed by atoms with Gasteiger partial charge in [-0.1, -0.05) is 42.5 Å². The molecule has 2 aromatic carbocycles. The quantitative estimate of drug-likeness (QED) is 0.575. The molecule has 4 nitrogen and oxygen atoms in total. The summed E-state index contributed by atoms with van der Waals surface area (Å²) >= 11 is 0. The molecule has 0 radical (unpaired) electrons. The van der Waals surface area contributed by atoms with Crippen molar-refractivity contribution in [3.63, 3.8) is 0 Å². The Hall–Kier alpha value is -2.46. The molecule has 22 heavy (non-hydrogen) atoms. The maximum atomic E-state index is 5.52. The van der Waals surface area contributed by atoms with Crippen LogP contribution in [0, 0.1) is 0 Å². The van der Waals surface area contributed by atoms with Crippen LogP contribution in [0.15, 0.2) is 42.5 Å². The van der Waals surface area contributed by atoms with Crippen LogP contribution in [0.5, 0.6) is 17.2 Å². The van der Waals surface area contributed by atoms with E-state index >= 15 is 0 Å². The van der Waals surface area contributed by atoms with Crippen molar-refractivity contribution in [2.24, 2.45) is 0 Å². The lowest BCUT2D eigenvalue weighted by Gasteiger charge is -2.14. The molecule has 2 rings (SSSR count). The van der Waals surface area contributed by atoms with Gasteiger partial charge in [-0.2, -0.15) is 0 Å². The lowest BCUT2D eigenvalue weighted by Crippen LogP contribution is -2.03. The Bertz CT molecular complexity index is 595. The van der Waals surface area contributed by atoms with Crippen molar-refractivity contribution in [2.45, 2.75) is 0 Å². The van der Waals surface area contributed by atoms with Crippen molar-refractivity contribution in [3.8, 4) is 17.2 Å². The average molecular weight is 300 g/mol. The molecule has 0 aliphatic rings. The zero-order valence-electron chi connectivity index (χ0n) is 13.0. The second kappa shape index (κ2) is 8.10.